The molecule has 0 aliphatic rings. The number of H-pyrrole nitrogens is 1. The molecule has 2 aromatic carbocycles. The fourth-order valence-corrected chi connectivity index (χ4v) is 4.85. The van der Waals surface area contributed by atoms with Crippen LogP contribution in [0.25, 0.3) is 16.0 Å². The lowest BCUT2D eigenvalue weighted by Gasteiger charge is -2.08. The van der Waals surface area contributed by atoms with Gasteiger partial charge in [-0.1, -0.05) is 59.5 Å². The first kappa shape index (κ1) is 18.1. The number of thiazole rings is 1. The van der Waals surface area contributed by atoms with Crippen LogP contribution >= 0.6 is 35.3 Å². The molecule has 0 radical (unpaired) electrons. The zero-order chi connectivity index (χ0) is 19.0. The lowest BCUT2D eigenvalue weighted by atomic mass is 10.2. The minimum absolute atomic E-state index is 0.237. The number of aryl methyl sites for hydroxylation is 1. The van der Waals surface area contributed by atoms with Crippen molar-refractivity contribution in [2.45, 2.75) is 17.8 Å². The maximum atomic E-state index is 13.8. The van der Waals surface area contributed by atoms with Gasteiger partial charge in [0.15, 0.2) is 14.8 Å². The van der Waals surface area contributed by atoms with Crippen molar-refractivity contribution in [1.29, 1.82) is 0 Å². The molecule has 0 spiro atoms. The van der Waals surface area contributed by atoms with Gasteiger partial charge in [0.1, 0.15) is 10.5 Å². The van der Waals surface area contributed by atoms with Crippen LogP contribution in [0.2, 0.25) is 0 Å². The van der Waals surface area contributed by atoms with Crippen LogP contribution in [0, 0.1) is 16.7 Å². The molecule has 0 aliphatic heterocycles. The van der Waals surface area contributed by atoms with Gasteiger partial charge in [0.2, 0.25) is 0 Å². The van der Waals surface area contributed by atoms with Crippen molar-refractivity contribution in [2.75, 3.05) is 0 Å². The number of benzene rings is 2. The molecule has 4 aromatic rings. The summed E-state index contributed by atoms with van der Waals surface area (Å²) in [5, 5.41) is 0.436. The molecule has 0 bridgehead atoms. The van der Waals surface area contributed by atoms with Crippen LogP contribution in [-0.2, 0) is 5.75 Å². The van der Waals surface area contributed by atoms with Crippen molar-refractivity contribution < 1.29 is 4.39 Å². The maximum absolute atomic E-state index is 13.8. The van der Waals surface area contributed by atoms with Gasteiger partial charge in [-0.2, -0.15) is 0 Å². The number of aromatic nitrogens is 3. The Morgan fingerprint density at radius 1 is 1.22 bits per heavy atom. The first-order valence-electron chi connectivity index (χ1n) is 8.12. The third-order valence-electron chi connectivity index (χ3n) is 4.10. The first-order valence-corrected chi connectivity index (χ1v) is 10.3. The average Bonchev–Trinajstić information content (AvgIpc) is 2.98. The number of halogens is 1. The quantitative estimate of drug-likeness (QED) is 0.281. The standard InChI is InChI=1S/C19H14FN3OS3/c1-11-6-2-5-9-14(11)23-16-15(27-19(23)25)17(24)22-18(21-16)26-10-12-7-3-4-8-13(12)20/h2-9H,10H2,1H3,(H,21,22,24). The molecule has 8 heteroatoms. The molecule has 0 saturated carbocycles. The maximum Gasteiger partial charge on any atom is 0.271 e. The summed E-state index contributed by atoms with van der Waals surface area (Å²) in [6.45, 7) is 1.99. The number of hydrogen-bond acceptors (Lipinski definition) is 5. The Kier molecular flexibility index (Phi) is 4.94. The van der Waals surface area contributed by atoms with Gasteiger partial charge in [0.25, 0.3) is 5.56 Å². The Morgan fingerprint density at radius 2 is 1.96 bits per heavy atom. The lowest BCUT2D eigenvalue weighted by molar-refractivity contribution is 0.617. The zero-order valence-electron chi connectivity index (χ0n) is 14.2. The molecule has 4 rings (SSSR count). The van der Waals surface area contributed by atoms with Gasteiger partial charge in [-0.25, -0.2) is 9.37 Å². The minimum atomic E-state index is -0.272. The van der Waals surface area contributed by atoms with Crippen molar-refractivity contribution in [3.63, 3.8) is 0 Å². The summed E-state index contributed by atoms with van der Waals surface area (Å²) < 4.78 is 16.7. The topological polar surface area (TPSA) is 50.7 Å². The van der Waals surface area contributed by atoms with Crippen molar-refractivity contribution in [3.05, 3.63) is 79.8 Å². The summed E-state index contributed by atoms with van der Waals surface area (Å²) in [5.41, 5.74) is 2.79. The second kappa shape index (κ2) is 7.38. The van der Waals surface area contributed by atoms with Crippen molar-refractivity contribution in [2.24, 2.45) is 0 Å². The van der Waals surface area contributed by atoms with Crippen molar-refractivity contribution >= 4 is 45.7 Å². The van der Waals surface area contributed by atoms with Crippen LogP contribution in [0.15, 0.2) is 58.5 Å². The van der Waals surface area contributed by atoms with Gasteiger partial charge in [-0.15, -0.1) is 0 Å². The molecule has 4 nitrogen and oxygen atoms in total. The average molecular weight is 416 g/mol. The van der Waals surface area contributed by atoms with E-state index in [2.05, 4.69) is 9.97 Å². The normalized spacial score (nSPS) is 11.2. The zero-order valence-corrected chi connectivity index (χ0v) is 16.7. The molecule has 1 N–H and O–H groups in total. The largest absolute Gasteiger partial charge is 0.300 e. The smallest absolute Gasteiger partial charge is 0.271 e. The molecule has 0 unspecified atom stereocenters. The van der Waals surface area contributed by atoms with Gasteiger partial charge in [0.05, 0.1) is 5.69 Å². The Balaban J connectivity index is 1.80. The van der Waals surface area contributed by atoms with E-state index in [4.69, 9.17) is 12.2 Å². The van der Waals surface area contributed by atoms with E-state index in [1.165, 1.54) is 29.2 Å². The number of rotatable bonds is 4. The molecule has 0 fully saturated rings. The summed E-state index contributed by atoms with van der Waals surface area (Å²) >= 11 is 8.01. The van der Waals surface area contributed by atoms with Gasteiger partial charge in [0, 0.05) is 5.75 Å². The number of hydrogen-bond donors (Lipinski definition) is 1. The number of para-hydroxylation sites is 1. The number of nitrogens with one attached hydrogen (secondary N) is 1. The summed E-state index contributed by atoms with van der Waals surface area (Å²) in [6.07, 6.45) is 0. The van der Waals surface area contributed by atoms with E-state index in [-0.39, 0.29) is 11.4 Å². The number of fused-ring (bicyclic) bond motifs is 1. The fraction of sp³-hybridized carbons (Fsp3) is 0.105. The number of thioether (sulfide) groups is 1. The molecular weight excluding hydrogens is 401 g/mol. The molecule has 136 valence electrons. The molecule has 0 atom stereocenters. The summed E-state index contributed by atoms with van der Waals surface area (Å²) in [6, 6.07) is 14.4. The molecule has 0 saturated heterocycles. The minimum Gasteiger partial charge on any atom is -0.300 e. The van der Waals surface area contributed by atoms with E-state index in [1.54, 1.807) is 18.2 Å². The SMILES string of the molecule is Cc1ccccc1-n1c(=S)sc2c(=O)[nH]c(SCc3ccccc3F)nc21. The Morgan fingerprint density at radius 3 is 2.74 bits per heavy atom. The first-order chi connectivity index (χ1) is 13.0. The third kappa shape index (κ3) is 3.47. The molecule has 0 aliphatic carbocycles. The highest BCUT2D eigenvalue weighted by Gasteiger charge is 2.15. The van der Waals surface area contributed by atoms with E-state index in [0.717, 1.165) is 11.3 Å². The van der Waals surface area contributed by atoms with Gasteiger partial charge in [-0.3, -0.25) is 9.36 Å². The predicted octanol–water partition coefficient (Wildman–Crippen LogP) is 5.24. The van der Waals surface area contributed by atoms with Crippen molar-refractivity contribution in [3.8, 4) is 5.69 Å². The van der Waals surface area contributed by atoms with Crippen LogP contribution in [0.1, 0.15) is 11.1 Å². The number of nitrogens with zero attached hydrogens (tertiary/aromatic N) is 2. The highest BCUT2D eigenvalue weighted by Crippen LogP contribution is 2.27. The van der Waals surface area contributed by atoms with Crippen LogP contribution < -0.4 is 5.56 Å². The van der Waals surface area contributed by atoms with Crippen LogP contribution in [-0.4, -0.2) is 14.5 Å². The second-order valence-corrected chi connectivity index (χ2v) is 8.50. The highest BCUT2D eigenvalue weighted by molar-refractivity contribution is 7.98. The van der Waals surface area contributed by atoms with Crippen LogP contribution in [0.4, 0.5) is 4.39 Å². The van der Waals surface area contributed by atoms with E-state index in [1.807, 2.05) is 35.8 Å². The monoisotopic (exact) mass is 415 g/mol. The van der Waals surface area contributed by atoms with Gasteiger partial charge >= 0.3 is 0 Å². The fourth-order valence-electron chi connectivity index (χ4n) is 2.75. The summed E-state index contributed by atoms with van der Waals surface area (Å²) in [4.78, 5) is 19.9. The Labute approximate surface area is 167 Å². The summed E-state index contributed by atoms with van der Waals surface area (Å²) in [5.74, 6) is 0.0999. The van der Waals surface area contributed by atoms with Crippen LogP contribution in [0.3, 0.4) is 0 Å². The highest BCUT2D eigenvalue weighted by atomic mass is 32.2. The van der Waals surface area contributed by atoms with E-state index in [0.29, 0.717) is 30.8 Å². The van der Waals surface area contributed by atoms with Gasteiger partial charge in [-0.05, 0) is 42.4 Å². The predicted molar refractivity (Wildman–Crippen MR) is 111 cm³/mol. The van der Waals surface area contributed by atoms with E-state index >= 15 is 0 Å². The molecule has 27 heavy (non-hydrogen) atoms. The summed E-state index contributed by atoms with van der Waals surface area (Å²) in [7, 11) is 0. The van der Waals surface area contributed by atoms with Crippen LogP contribution in [0.5, 0.6) is 0 Å². The molecule has 2 heterocycles. The number of aromatic amines is 1. The van der Waals surface area contributed by atoms with Crippen molar-refractivity contribution in [1.82, 2.24) is 14.5 Å². The second-order valence-electron chi connectivity index (χ2n) is 5.89. The lowest BCUT2D eigenvalue weighted by Crippen LogP contribution is -2.09. The van der Waals surface area contributed by atoms with E-state index < -0.39 is 0 Å². The molecule has 2 aromatic heterocycles. The molecular formula is C19H14FN3OS3. The van der Waals surface area contributed by atoms with E-state index in [9.17, 15) is 9.18 Å². The van der Waals surface area contributed by atoms with Gasteiger partial charge < -0.3 is 4.98 Å². The Hall–Kier alpha value is -2.29. The Bertz CT molecular complexity index is 1260. The third-order valence-corrected chi connectivity index (χ3v) is 6.38. The molecule has 0 amide bonds.